The van der Waals surface area contributed by atoms with Crippen LogP contribution in [0.5, 0.6) is 0 Å². The highest BCUT2D eigenvalue weighted by Crippen LogP contribution is 2.32. The van der Waals surface area contributed by atoms with Gasteiger partial charge in [-0.15, -0.1) is 0 Å². The molecular formula is C59H77N3O8. The minimum absolute atomic E-state index is 0.0951. The van der Waals surface area contributed by atoms with Gasteiger partial charge in [0.15, 0.2) is 6.29 Å². The summed E-state index contributed by atoms with van der Waals surface area (Å²) in [7, 11) is 0. The van der Waals surface area contributed by atoms with E-state index in [0.29, 0.717) is 13.0 Å². The lowest BCUT2D eigenvalue weighted by molar-refractivity contribution is -0.328. The number of nitrogens with zero attached hydrogens (tertiary/aromatic N) is 3. The molecule has 11 nitrogen and oxygen atoms in total. The number of benzene rings is 5. The number of hydrogen-bond acceptors (Lipinski definition) is 9. The first kappa shape index (κ1) is 54.4. The molecule has 70 heavy (non-hydrogen) atoms. The van der Waals surface area contributed by atoms with E-state index in [1.54, 1.807) is 0 Å². The van der Waals surface area contributed by atoms with Crippen molar-refractivity contribution < 1.29 is 38.3 Å². The molecule has 1 saturated heterocycles. The molecule has 8 atom stereocenters. The number of rotatable bonds is 35. The zero-order valence-corrected chi connectivity index (χ0v) is 41.3. The maximum absolute atomic E-state index is 11.0. The summed E-state index contributed by atoms with van der Waals surface area (Å²) >= 11 is 0. The van der Waals surface area contributed by atoms with Crippen LogP contribution in [0.15, 0.2) is 157 Å². The van der Waals surface area contributed by atoms with Crippen LogP contribution in [0.3, 0.4) is 0 Å². The molecule has 6 rings (SSSR count). The molecule has 0 saturated carbocycles. The lowest BCUT2D eigenvalue weighted by Crippen LogP contribution is -2.62. The Bertz CT molecular complexity index is 2120. The molecule has 1 N–H and O–H groups in total. The second-order valence-corrected chi connectivity index (χ2v) is 18.4. The van der Waals surface area contributed by atoms with E-state index in [-0.39, 0.29) is 39.6 Å². The molecule has 0 bridgehead atoms. The quantitative estimate of drug-likeness (QED) is 0.0184. The SMILES string of the molecule is CCCCCCCCCCCCCC[C@@H](OCc1ccccc1)[C@@H](OCc1ccccc1)[C@H](CO[C@H]1O[C@H](CO)[C@H](OCc2ccccc2)[C@H](OCc2ccccc2)[C@H]1OCc1ccccc1)N=[N+]=[N-]. The molecule has 1 fully saturated rings. The third-order valence-electron chi connectivity index (χ3n) is 12.9. The third kappa shape index (κ3) is 19.4. The second kappa shape index (κ2) is 32.9. The Morgan fingerprint density at radius 2 is 0.900 bits per heavy atom. The fourth-order valence-electron chi connectivity index (χ4n) is 9.02. The molecule has 0 unspecified atom stereocenters. The summed E-state index contributed by atoms with van der Waals surface area (Å²) in [6.07, 6.45) is 10.2. The van der Waals surface area contributed by atoms with Gasteiger partial charge in [0.05, 0.1) is 64.5 Å². The van der Waals surface area contributed by atoms with Gasteiger partial charge in [-0.25, -0.2) is 0 Å². The third-order valence-corrected chi connectivity index (χ3v) is 12.9. The lowest BCUT2D eigenvalue weighted by atomic mass is 9.97. The summed E-state index contributed by atoms with van der Waals surface area (Å²) in [5.41, 5.74) is 15.1. The molecule has 0 aromatic heterocycles. The summed E-state index contributed by atoms with van der Waals surface area (Å²) in [6, 6.07) is 48.9. The fourth-order valence-corrected chi connectivity index (χ4v) is 9.02. The predicted molar refractivity (Wildman–Crippen MR) is 275 cm³/mol. The summed E-state index contributed by atoms with van der Waals surface area (Å²) in [5, 5.41) is 15.4. The van der Waals surface area contributed by atoms with Gasteiger partial charge < -0.3 is 38.3 Å². The number of hydrogen-bond donors (Lipinski definition) is 1. The molecule has 5 aromatic rings. The lowest BCUT2D eigenvalue weighted by Gasteiger charge is -2.46. The normalized spacial score (nSPS) is 19.3. The molecule has 5 aromatic carbocycles. The topological polar surface area (TPSA) is 134 Å². The highest BCUT2D eigenvalue weighted by atomic mass is 16.7. The van der Waals surface area contributed by atoms with Crippen molar-refractivity contribution in [3.05, 3.63) is 190 Å². The Labute approximate surface area is 417 Å². The van der Waals surface area contributed by atoms with Crippen molar-refractivity contribution in [3.8, 4) is 0 Å². The van der Waals surface area contributed by atoms with E-state index in [1.165, 1.54) is 57.8 Å². The average Bonchev–Trinajstić information content (AvgIpc) is 3.41. The molecule has 0 aliphatic carbocycles. The summed E-state index contributed by atoms with van der Waals surface area (Å²) in [5.74, 6) is 0. The van der Waals surface area contributed by atoms with E-state index in [4.69, 9.17) is 33.2 Å². The monoisotopic (exact) mass is 956 g/mol. The average molecular weight is 956 g/mol. The van der Waals surface area contributed by atoms with Crippen molar-refractivity contribution in [1.29, 1.82) is 0 Å². The van der Waals surface area contributed by atoms with Crippen LogP contribution >= 0.6 is 0 Å². The van der Waals surface area contributed by atoms with E-state index in [9.17, 15) is 10.6 Å². The number of aliphatic hydroxyl groups is 1. The Balaban J connectivity index is 1.24. The largest absolute Gasteiger partial charge is 0.394 e. The van der Waals surface area contributed by atoms with Gasteiger partial charge in [-0.3, -0.25) is 0 Å². The zero-order valence-electron chi connectivity index (χ0n) is 41.3. The van der Waals surface area contributed by atoms with Crippen LogP contribution in [0.2, 0.25) is 0 Å². The minimum Gasteiger partial charge on any atom is -0.394 e. The van der Waals surface area contributed by atoms with Crippen molar-refractivity contribution in [2.24, 2.45) is 5.11 Å². The van der Waals surface area contributed by atoms with Crippen LogP contribution < -0.4 is 0 Å². The summed E-state index contributed by atoms with van der Waals surface area (Å²) < 4.78 is 47.3. The van der Waals surface area contributed by atoms with Crippen molar-refractivity contribution in [2.75, 3.05) is 13.2 Å². The van der Waals surface area contributed by atoms with Crippen molar-refractivity contribution >= 4 is 0 Å². The minimum atomic E-state index is -1.07. The molecule has 1 heterocycles. The van der Waals surface area contributed by atoms with E-state index >= 15 is 0 Å². The maximum atomic E-state index is 11.0. The van der Waals surface area contributed by atoms with Gasteiger partial charge in [-0.2, -0.15) is 0 Å². The van der Waals surface area contributed by atoms with Crippen LogP contribution in [0.1, 0.15) is 118 Å². The van der Waals surface area contributed by atoms with Crippen molar-refractivity contribution in [2.45, 2.75) is 172 Å². The van der Waals surface area contributed by atoms with Crippen molar-refractivity contribution in [3.63, 3.8) is 0 Å². The molecule has 1 aliphatic rings. The van der Waals surface area contributed by atoms with Crippen LogP contribution in [0.4, 0.5) is 0 Å². The molecule has 376 valence electrons. The Morgan fingerprint density at radius 1 is 0.500 bits per heavy atom. The first-order valence-electron chi connectivity index (χ1n) is 25.8. The van der Waals surface area contributed by atoms with E-state index in [0.717, 1.165) is 47.1 Å². The van der Waals surface area contributed by atoms with Gasteiger partial charge in [0.25, 0.3) is 0 Å². The summed E-state index contributed by atoms with van der Waals surface area (Å²) in [6.45, 7) is 3.18. The van der Waals surface area contributed by atoms with Gasteiger partial charge in [-0.05, 0) is 39.8 Å². The highest BCUT2D eigenvalue weighted by Gasteiger charge is 2.49. The Kier molecular flexibility index (Phi) is 25.6. The molecule has 0 spiro atoms. The standard InChI is InChI=1S/C59H77N3O8/c1-2-3-4-5-6-7-8-9-10-11-12-28-39-53(64-41-47-29-18-13-19-30-47)55(65-42-48-31-20-14-21-32-48)52(61-62-60)46-69-59-58(68-45-51-37-26-17-27-38-51)57(67-44-50-35-24-16-25-36-50)56(54(40-63)70-59)66-43-49-33-22-15-23-34-49/h13-27,29-38,52-59,63H,2-12,28,39-46H2,1H3/t52-,53+,54+,55-,56-,57-,58+,59-/m0/s1. The maximum Gasteiger partial charge on any atom is 0.186 e. The number of azide groups is 1. The number of unbranched alkanes of at least 4 members (excludes halogenated alkanes) is 11. The Morgan fingerprint density at radius 3 is 1.34 bits per heavy atom. The fraction of sp³-hybridized carbons (Fsp3) is 0.492. The van der Waals surface area contributed by atoms with E-state index < -0.39 is 49.0 Å². The van der Waals surface area contributed by atoms with Gasteiger partial charge in [0, 0.05) is 4.91 Å². The number of ether oxygens (including phenoxy) is 7. The first-order chi connectivity index (χ1) is 34.6. The second-order valence-electron chi connectivity index (χ2n) is 18.4. The van der Waals surface area contributed by atoms with Gasteiger partial charge in [-0.1, -0.05) is 241 Å². The molecular weight excluding hydrogens is 879 g/mol. The Hall–Kier alpha value is -4.91. The molecule has 0 amide bonds. The van der Waals surface area contributed by atoms with Crippen LogP contribution in [0, 0.1) is 0 Å². The van der Waals surface area contributed by atoms with E-state index in [2.05, 4.69) is 29.1 Å². The summed E-state index contributed by atoms with van der Waals surface area (Å²) in [4.78, 5) is 3.36. The smallest absolute Gasteiger partial charge is 0.186 e. The molecule has 0 radical (unpaired) electrons. The van der Waals surface area contributed by atoms with Gasteiger partial charge in [0.1, 0.15) is 24.4 Å². The molecule has 11 heteroatoms. The molecule has 1 aliphatic heterocycles. The van der Waals surface area contributed by atoms with Gasteiger partial charge >= 0.3 is 0 Å². The van der Waals surface area contributed by atoms with Crippen LogP contribution in [0.25, 0.3) is 10.4 Å². The van der Waals surface area contributed by atoms with Crippen LogP contribution in [-0.4, -0.2) is 67.3 Å². The van der Waals surface area contributed by atoms with Crippen LogP contribution in [-0.2, 0) is 66.2 Å². The van der Waals surface area contributed by atoms with Crippen molar-refractivity contribution in [1.82, 2.24) is 0 Å². The zero-order chi connectivity index (χ0) is 48.7. The van der Waals surface area contributed by atoms with Gasteiger partial charge in [0.2, 0.25) is 0 Å². The highest BCUT2D eigenvalue weighted by molar-refractivity contribution is 5.17. The van der Waals surface area contributed by atoms with E-state index in [1.807, 2.05) is 140 Å². The predicted octanol–water partition coefficient (Wildman–Crippen LogP) is 13.4. The number of aliphatic hydroxyl groups excluding tert-OH is 1. The first-order valence-corrected chi connectivity index (χ1v) is 25.8.